The van der Waals surface area contributed by atoms with Crippen LogP contribution in [0.15, 0.2) is 30.6 Å². The van der Waals surface area contributed by atoms with Gasteiger partial charge in [0, 0.05) is 36.6 Å². The molecule has 13 heteroatoms. The number of nitrogens with zero attached hydrogens (tertiary/aromatic N) is 3. The first-order valence-corrected chi connectivity index (χ1v) is 9.26. The Hall–Kier alpha value is -3.74. The van der Waals surface area contributed by atoms with Crippen LogP contribution < -0.4 is 11.1 Å². The van der Waals surface area contributed by atoms with Gasteiger partial charge in [-0.05, 0) is 29.7 Å². The number of aromatic nitrogens is 2. The lowest BCUT2D eigenvalue weighted by Crippen LogP contribution is -2.49. The molecule has 0 bridgehead atoms. The maximum absolute atomic E-state index is 12.7. The summed E-state index contributed by atoms with van der Waals surface area (Å²) in [5, 5.41) is 21.6. The second-order valence-corrected chi connectivity index (χ2v) is 7.02. The van der Waals surface area contributed by atoms with Gasteiger partial charge in [0.25, 0.3) is 0 Å². The topological polar surface area (TPSA) is 159 Å². The lowest BCUT2D eigenvalue weighted by Gasteiger charge is -2.23. The van der Waals surface area contributed by atoms with E-state index in [-0.39, 0.29) is 36.2 Å². The number of hydrogen-bond acceptors (Lipinski definition) is 6. The fourth-order valence-electron chi connectivity index (χ4n) is 3.38. The van der Waals surface area contributed by atoms with Gasteiger partial charge in [0.1, 0.15) is 6.04 Å². The molecule has 5 N–H and O–H groups in total. The van der Waals surface area contributed by atoms with E-state index in [9.17, 15) is 37.8 Å². The minimum Gasteiger partial charge on any atom is -0.465 e. The summed E-state index contributed by atoms with van der Waals surface area (Å²) in [6.45, 7) is -0.256. The average Bonchev–Trinajstić information content (AvgIpc) is 3.13. The molecule has 1 aromatic carbocycles. The third-order valence-electron chi connectivity index (χ3n) is 4.94. The van der Waals surface area contributed by atoms with E-state index in [0.29, 0.717) is 5.56 Å². The largest absolute Gasteiger partial charge is 0.465 e. The highest BCUT2D eigenvalue weighted by Gasteiger charge is 2.41. The Balaban J connectivity index is 1.83. The molecular formula is C19H18F3N5O5. The van der Waals surface area contributed by atoms with Gasteiger partial charge in [-0.3, -0.25) is 14.5 Å². The monoisotopic (exact) mass is 453 g/mol. The summed E-state index contributed by atoms with van der Waals surface area (Å²) in [5.74, 6) is -2.88. The van der Waals surface area contributed by atoms with Gasteiger partial charge in [0.2, 0.25) is 17.6 Å². The molecular weight excluding hydrogens is 435 g/mol. The number of carbonyl (C=O) groups is 3. The normalized spacial score (nSPS) is 18.4. The summed E-state index contributed by atoms with van der Waals surface area (Å²) < 4.78 is 38.0. The molecule has 0 saturated carbocycles. The zero-order valence-electron chi connectivity index (χ0n) is 16.3. The maximum atomic E-state index is 12.7. The molecule has 2 heterocycles. The molecule has 32 heavy (non-hydrogen) atoms. The molecule has 170 valence electrons. The smallest absolute Gasteiger partial charge is 0.451 e. The average molecular weight is 453 g/mol. The molecule has 1 aliphatic heterocycles. The molecule has 1 aliphatic rings. The molecule has 0 aliphatic carbocycles. The first-order valence-electron chi connectivity index (χ1n) is 9.26. The molecule has 1 saturated heterocycles. The molecule has 1 aromatic heterocycles. The second kappa shape index (κ2) is 8.78. The number of alkyl halides is 3. The first-order chi connectivity index (χ1) is 15.0. The van der Waals surface area contributed by atoms with Crippen LogP contribution in [0.2, 0.25) is 0 Å². The van der Waals surface area contributed by atoms with Crippen LogP contribution >= 0.6 is 0 Å². The van der Waals surface area contributed by atoms with Gasteiger partial charge in [-0.2, -0.15) is 13.2 Å². The van der Waals surface area contributed by atoms with Crippen molar-refractivity contribution < 1.29 is 37.8 Å². The van der Waals surface area contributed by atoms with Crippen molar-refractivity contribution in [3.8, 4) is 11.1 Å². The molecule has 10 nitrogen and oxygen atoms in total. The zero-order valence-corrected chi connectivity index (χ0v) is 16.3. The van der Waals surface area contributed by atoms with Crippen molar-refractivity contribution in [2.75, 3.05) is 6.54 Å². The predicted molar refractivity (Wildman–Crippen MR) is 102 cm³/mol. The highest BCUT2D eigenvalue weighted by Crippen LogP contribution is 2.28. The van der Waals surface area contributed by atoms with Gasteiger partial charge >= 0.3 is 12.3 Å². The Bertz CT molecular complexity index is 1040. The Morgan fingerprint density at radius 3 is 2.41 bits per heavy atom. The summed E-state index contributed by atoms with van der Waals surface area (Å²) in [6, 6.07) is 2.89. The van der Waals surface area contributed by atoms with E-state index in [1.807, 2.05) is 0 Å². The molecule has 2 atom stereocenters. The van der Waals surface area contributed by atoms with Gasteiger partial charge in [0.05, 0.1) is 6.10 Å². The Labute approximate surface area is 178 Å². The van der Waals surface area contributed by atoms with Crippen molar-refractivity contribution in [3.05, 3.63) is 47.5 Å². The molecule has 0 radical (unpaired) electrons. The van der Waals surface area contributed by atoms with E-state index in [1.165, 1.54) is 18.2 Å². The summed E-state index contributed by atoms with van der Waals surface area (Å²) in [7, 11) is 0. The number of halogens is 3. The molecule has 1 fully saturated rings. The zero-order chi connectivity index (χ0) is 23.6. The standard InChI is InChI=1S/C19H18F3N5O5/c20-19(21,22)17-25-7-11(8-26-17)9-1-2-12(15(23)29)10(5-9)6-24-16(30)14-13(28)3-4-27(14)18(31)32/h1-2,5,7-8,13-14,28H,3-4,6H2,(H2,23,29)(H,24,30)(H,31,32)/t13-,14+/m1/s1. The Morgan fingerprint density at radius 2 is 1.84 bits per heavy atom. The van der Waals surface area contributed by atoms with Crippen LogP contribution in [0, 0.1) is 0 Å². The summed E-state index contributed by atoms with van der Waals surface area (Å²) in [5.41, 5.74) is 6.22. The second-order valence-electron chi connectivity index (χ2n) is 7.02. The van der Waals surface area contributed by atoms with Gasteiger partial charge in [-0.25, -0.2) is 14.8 Å². The molecule has 3 amide bonds. The number of amides is 3. The van der Waals surface area contributed by atoms with Crippen LogP contribution in [0.3, 0.4) is 0 Å². The van der Waals surface area contributed by atoms with Crippen molar-refractivity contribution in [2.45, 2.75) is 31.3 Å². The third kappa shape index (κ3) is 4.77. The number of rotatable bonds is 5. The highest BCUT2D eigenvalue weighted by molar-refractivity contribution is 5.95. The van der Waals surface area contributed by atoms with Crippen molar-refractivity contribution in [1.29, 1.82) is 0 Å². The van der Waals surface area contributed by atoms with Crippen molar-refractivity contribution in [1.82, 2.24) is 20.2 Å². The van der Waals surface area contributed by atoms with Gasteiger partial charge < -0.3 is 21.3 Å². The van der Waals surface area contributed by atoms with Gasteiger partial charge in [-0.15, -0.1) is 0 Å². The van der Waals surface area contributed by atoms with Crippen molar-refractivity contribution >= 4 is 17.9 Å². The van der Waals surface area contributed by atoms with Crippen LogP contribution in [-0.2, 0) is 17.5 Å². The van der Waals surface area contributed by atoms with Crippen molar-refractivity contribution in [2.24, 2.45) is 5.73 Å². The van der Waals surface area contributed by atoms with E-state index < -0.39 is 42.1 Å². The van der Waals surface area contributed by atoms with E-state index in [4.69, 9.17) is 5.73 Å². The number of nitrogens with two attached hydrogens (primary N) is 1. The summed E-state index contributed by atoms with van der Waals surface area (Å²) >= 11 is 0. The number of aliphatic hydroxyl groups excluding tert-OH is 1. The third-order valence-corrected chi connectivity index (χ3v) is 4.94. The van der Waals surface area contributed by atoms with Crippen LogP contribution in [0.4, 0.5) is 18.0 Å². The lowest BCUT2D eigenvalue weighted by molar-refractivity contribution is -0.145. The number of nitrogens with one attached hydrogen (secondary N) is 1. The van der Waals surface area contributed by atoms with E-state index in [1.54, 1.807) is 0 Å². The number of likely N-dealkylation sites (tertiary alicyclic amines) is 1. The van der Waals surface area contributed by atoms with Crippen LogP contribution in [-0.4, -0.2) is 61.7 Å². The van der Waals surface area contributed by atoms with E-state index >= 15 is 0 Å². The van der Waals surface area contributed by atoms with Gasteiger partial charge in [-0.1, -0.05) is 6.07 Å². The number of benzene rings is 1. The fraction of sp³-hybridized carbons (Fsp3) is 0.316. The van der Waals surface area contributed by atoms with Crippen LogP contribution in [0.25, 0.3) is 11.1 Å². The number of carbonyl (C=O) groups excluding carboxylic acids is 2. The van der Waals surface area contributed by atoms with E-state index in [2.05, 4.69) is 15.3 Å². The Kier molecular flexibility index (Phi) is 6.30. The van der Waals surface area contributed by atoms with Crippen LogP contribution in [0.1, 0.15) is 28.2 Å². The molecule has 0 spiro atoms. The Morgan fingerprint density at radius 1 is 1.19 bits per heavy atom. The maximum Gasteiger partial charge on any atom is 0.451 e. The fourth-order valence-corrected chi connectivity index (χ4v) is 3.38. The summed E-state index contributed by atoms with van der Waals surface area (Å²) in [6.07, 6.45) is -5.20. The SMILES string of the molecule is NC(=O)c1ccc(-c2cnc(C(F)(F)F)nc2)cc1CNC(=O)[C@@H]1[C@H](O)CCN1C(=O)O. The number of aliphatic hydroxyl groups is 1. The number of hydrogen-bond donors (Lipinski definition) is 4. The first kappa shape index (κ1) is 22.9. The highest BCUT2D eigenvalue weighted by atomic mass is 19.4. The molecule has 2 aromatic rings. The number of carboxylic acid groups (broad SMARTS) is 1. The molecule has 0 unspecified atom stereocenters. The predicted octanol–water partition coefficient (Wildman–Crippen LogP) is 0.991. The van der Waals surface area contributed by atoms with Crippen LogP contribution in [0.5, 0.6) is 0 Å². The lowest BCUT2D eigenvalue weighted by atomic mass is 10.00. The minimum atomic E-state index is -4.70. The minimum absolute atomic E-state index is 0.00940. The molecule has 3 rings (SSSR count). The van der Waals surface area contributed by atoms with Crippen molar-refractivity contribution in [3.63, 3.8) is 0 Å². The summed E-state index contributed by atoms with van der Waals surface area (Å²) in [4.78, 5) is 42.9. The number of primary amides is 1. The quantitative estimate of drug-likeness (QED) is 0.525. The van der Waals surface area contributed by atoms with Gasteiger partial charge in [0.15, 0.2) is 0 Å². The van der Waals surface area contributed by atoms with E-state index in [0.717, 1.165) is 17.3 Å².